The van der Waals surface area contributed by atoms with Crippen LogP contribution in [0.3, 0.4) is 0 Å². The van der Waals surface area contributed by atoms with E-state index in [0.29, 0.717) is 44.8 Å². The normalized spacial score (nSPS) is 26.3. The van der Waals surface area contributed by atoms with Gasteiger partial charge in [0.1, 0.15) is 103 Å². The smallest absolute Gasteiger partial charge is 0.349 e. The van der Waals surface area contributed by atoms with Gasteiger partial charge in [-0.3, -0.25) is 0 Å². The molecule has 8 unspecified atom stereocenters. The number of aryl methyl sites for hydroxylation is 2. The number of aromatic hydroxyl groups is 1. The van der Waals surface area contributed by atoms with Crippen molar-refractivity contribution in [3.8, 4) is 23.0 Å². The lowest BCUT2D eigenvalue weighted by Gasteiger charge is -2.46. The molecule has 4 heterocycles. The topological polar surface area (TPSA) is 312 Å². The summed E-state index contributed by atoms with van der Waals surface area (Å²) in [5.41, 5.74) is -0.799. The zero-order valence-corrected chi connectivity index (χ0v) is 41.5. The molecule has 2 aromatic carbocycles. The number of fused-ring (bicyclic) bond motifs is 2. The summed E-state index contributed by atoms with van der Waals surface area (Å²) in [5.74, 6) is 0.539. The molecule has 2 aromatic heterocycles. The Bertz CT molecular complexity index is 2710. The quantitative estimate of drug-likeness (QED) is 0.0424. The maximum Gasteiger partial charge on any atom is 0.349 e. The zero-order valence-electron chi connectivity index (χ0n) is 41.5. The van der Waals surface area contributed by atoms with Crippen LogP contribution in [0.15, 0.2) is 104 Å². The second kappa shape index (κ2) is 25.1. The lowest BCUT2D eigenvalue weighted by Crippen LogP contribution is -2.62. The first-order valence-electron chi connectivity index (χ1n) is 21.8. The molecule has 2 saturated heterocycles. The fraction of sp³-hybridized carbons (Fsp3) is 0.440. The molecule has 0 aliphatic carbocycles. The van der Waals surface area contributed by atoms with Gasteiger partial charge in [-0.25, -0.2) is 9.59 Å². The highest BCUT2D eigenvalue weighted by Crippen LogP contribution is 2.40. The first-order valence-corrected chi connectivity index (χ1v) is 21.8. The van der Waals surface area contributed by atoms with E-state index in [2.05, 4.69) is 36.6 Å². The predicted octanol–water partition coefficient (Wildman–Crippen LogP) is 4.01. The third-order valence-corrected chi connectivity index (χ3v) is 12.0. The minimum Gasteiger partial charge on any atom is -0.508 e. The van der Waals surface area contributed by atoms with E-state index < -0.39 is 71.5 Å². The number of aliphatic hydroxyl groups excluding tert-OH is 5. The van der Waals surface area contributed by atoms with Crippen LogP contribution in [0.1, 0.15) is 56.9 Å². The van der Waals surface area contributed by atoms with Crippen molar-refractivity contribution < 1.29 is 83.0 Å². The number of benzene rings is 2. The number of phenols is 1. The van der Waals surface area contributed by atoms with Crippen molar-refractivity contribution >= 4 is 33.4 Å². The second-order valence-corrected chi connectivity index (χ2v) is 16.6. The van der Waals surface area contributed by atoms with Crippen LogP contribution >= 0.6 is 0 Å². The number of methoxy groups -OCH3 is 1. The van der Waals surface area contributed by atoms with Crippen LogP contribution in [0.25, 0.3) is 21.9 Å². The van der Waals surface area contributed by atoms with Gasteiger partial charge in [0.25, 0.3) is 0 Å². The number of hydrogen-bond acceptors (Lipinski definition) is 20. The Labute approximate surface area is 410 Å². The fourth-order valence-corrected chi connectivity index (χ4v) is 7.72. The highest BCUT2D eigenvalue weighted by molar-refractivity contribution is 6.06. The van der Waals surface area contributed by atoms with Gasteiger partial charge in [0.05, 0.1) is 33.9 Å². The SMILES string of the molecule is C=CCOc1c(/C(C)=N/OC)c(=O)oc2c(C)c(O)ccc12.C=CCOc1c(/C(C)=N/OC)c(=O)oc2c(C)c(OC3O[C@@](C)(C=C)C(C)C(O)C3O)ccc12.C=C[C@]1(C)OC(O)C(O)C(O)C1OC.O. The molecule has 4 aromatic rings. The molecule has 21 heteroatoms. The Balaban J connectivity index is 0.000000308. The molecule has 0 amide bonds. The molecule has 0 bridgehead atoms. The van der Waals surface area contributed by atoms with E-state index in [1.165, 1.54) is 33.5 Å². The van der Waals surface area contributed by atoms with Crippen molar-refractivity contribution in [3.63, 3.8) is 0 Å². The summed E-state index contributed by atoms with van der Waals surface area (Å²) < 4.78 is 44.5. The van der Waals surface area contributed by atoms with Crippen LogP contribution in [0.4, 0.5) is 0 Å². The Morgan fingerprint density at radius 3 is 1.63 bits per heavy atom. The number of aliphatic hydroxyl groups is 5. The third kappa shape index (κ3) is 12.4. The molecule has 390 valence electrons. The first-order chi connectivity index (χ1) is 33.1. The summed E-state index contributed by atoms with van der Waals surface area (Å²) in [6.07, 6.45) is -2.19. The number of hydrogen-bond donors (Lipinski definition) is 6. The number of phenolic OH excluding ortho intramolecular Hbond substituents is 1. The summed E-state index contributed by atoms with van der Waals surface area (Å²) in [6.45, 7) is 26.7. The van der Waals surface area contributed by atoms with Gasteiger partial charge in [0.15, 0.2) is 6.29 Å². The summed E-state index contributed by atoms with van der Waals surface area (Å²) in [7, 11) is 4.16. The number of nitrogens with zero attached hydrogens (tertiary/aromatic N) is 2. The van der Waals surface area contributed by atoms with Crippen LogP contribution in [0, 0.1) is 19.8 Å². The molecule has 8 N–H and O–H groups in total. The number of oxime groups is 2. The van der Waals surface area contributed by atoms with E-state index >= 15 is 0 Å². The van der Waals surface area contributed by atoms with E-state index in [1.807, 2.05) is 0 Å². The van der Waals surface area contributed by atoms with Crippen molar-refractivity contribution in [2.45, 2.75) is 103 Å². The Kier molecular flexibility index (Phi) is 20.8. The summed E-state index contributed by atoms with van der Waals surface area (Å²) in [6, 6.07) is 6.47. The zero-order chi connectivity index (χ0) is 52.4. The van der Waals surface area contributed by atoms with Gasteiger partial charge < -0.3 is 83.0 Å². The van der Waals surface area contributed by atoms with Crippen molar-refractivity contribution in [3.05, 3.63) is 118 Å². The molecule has 0 saturated carbocycles. The van der Waals surface area contributed by atoms with Crippen LogP contribution < -0.4 is 25.5 Å². The Hall–Kier alpha value is -6.40. The monoisotopic (exact) mass is 998 g/mol. The van der Waals surface area contributed by atoms with E-state index in [-0.39, 0.29) is 52.5 Å². The van der Waals surface area contributed by atoms with Gasteiger partial charge in [-0.05, 0) is 65.8 Å². The average molecular weight is 999 g/mol. The molecular weight excluding hydrogens is 933 g/mol. The van der Waals surface area contributed by atoms with Gasteiger partial charge in [-0.1, -0.05) is 54.7 Å². The summed E-state index contributed by atoms with van der Waals surface area (Å²) >= 11 is 0. The highest BCUT2D eigenvalue weighted by Gasteiger charge is 2.50. The van der Waals surface area contributed by atoms with Gasteiger partial charge >= 0.3 is 11.3 Å². The average Bonchev–Trinajstić information content (AvgIpc) is 3.33. The first kappa shape index (κ1) is 58.9. The molecule has 71 heavy (non-hydrogen) atoms. The van der Waals surface area contributed by atoms with Gasteiger partial charge in [-0.2, -0.15) is 0 Å². The number of rotatable bonds is 15. The lowest BCUT2D eigenvalue weighted by atomic mass is 9.81. The van der Waals surface area contributed by atoms with E-state index in [0.717, 1.165) is 0 Å². The Morgan fingerprint density at radius 1 is 0.704 bits per heavy atom. The predicted molar refractivity (Wildman–Crippen MR) is 263 cm³/mol. The van der Waals surface area contributed by atoms with Crippen LogP contribution in [0.5, 0.6) is 23.0 Å². The van der Waals surface area contributed by atoms with Crippen molar-refractivity contribution in [2.24, 2.45) is 16.2 Å². The molecular formula is C50H66N2O19. The molecule has 21 nitrogen and oxygen atoms in total. The molecule has 2 fully saturated rings. The molecule has 2 aliphatic heterocycles. The molecule has 6 rings (SSSR count). The molecule has 0 spiro atoms. The van der Waals surface area contributed by atoms with Crippen molar-refractivity contribution in [2.75, 3.05) is 34.5 Å². The van der Waals surface area contributed by atoms with Crippen LogP contribution in [-0.2, 0) is 23.9 Å². The standard InChI is InChI=1S/C25H31NO8.C16H17NO5.C9H16O5.H2O/c1-8-12-31-22-16-10-11-17(13(3)21(16)33-23(29)18(22)15(5)26-30-7)32-24-20(28)19(27)14(4)25(6,9-2)34-24;1-5-8-21-15-11-6-7-12(18)9(2)14(11)22-16(19)13(15)10(3)17-20-4;1-4-9(2)7(13-3)5(10)6(11)8(12)14-9;/h8-11,14,19-20,24,27-28H,1-2,12H2,3-7H3;5-7,18H,1,8H2,2-4H3;4-8,10-12H,1H2,2-3H3;1H2/b26-15+;17-10+;;/t14?,19?,20?,24?,25-;;5?,6?,7?,8?,9-;/m0.0./s1. The Morgan fingerprint density at radius 2 is 1.18 bits per heavy atom. The molecule has 0 radical (unpaired) electrons. The third-order valence-electron chi connectivity index (χ3n) is 12.0. The summed E-state index contributed by atoms with van der Waals surface area (Å²) in [5, 5.41) is 67.8. The maximum absolute atomic E-state index is 12.9. The van der Waals surface area contributed by atoms with Crippen molar-refractivity contribution in [1.29, 1.82) is 0 Å². The van der Waals surface area contributed by atoms with Crippen LogP contribution in [0.2, 0.25) is 0 Å². The van der Waals surface area contributed by atoms with E-state index in [1.54, 1.807) is 84.9 Å². The van der Waals surface area contributed by atoms with Crippen molar-refractivity contribution in [1.82, 2.24) is 0 Å². The minimum absolute atomic E-state index is 0. The lowest BCUT2D eigenvalue weighted by molar-refractivity contribution is -0.305. The van der Waals surface area contributed by atoms with Crippen LogP contribution in [-0.4, -0.2) is 136 Å². The molecule has 10 atom stereocenters. The second-order valence-electron chi connectivity index (χ2n) is 16.6. The van der Waals surface area contributed by atoms with E-state index in [9.17, 15) is 40.2 Å². The minimum atomic E-state index is -1.43. The molecule has 2 aliphatic rings. The largest absolute Gasteiger partial charge is 0.508 e. The van der Waals surface area contributed by atoms with E-state index in [4.69, 9.17) is 46.9 Å². The maximum atomic E-state index is 12.9. The van der Waals surface area contributed by atoms with Gasteiger partial charge in [0, 0.05) is 24.2 Å². The van der Waals surface area contributed by atoms with Gasteiger partial charge in [0.2, 0.25) is 6.29 Å². The summed E-state index contributed by atoms with van der Waals surface area (Å²) in [4.78, 5) is 34.7. The fourth-order valence-electron chi connectivity index (χ4n) is 7.72. The highest BCUT2D eigenvalue weighted by atomic mass is 16.7. The number of ether oxygens (including phenoxy) is 6. The van der Waals surface area contributed by atoms with Gasteiger partial charge in [-0.15, -0.1) is 13.2 Å².